The smallest absolute Gasteiger partial charge is 0.397 e. The number of nitrogens with two attached hydrogens (primary N) is 1. The standard InChI is InChI=1S/C38H51ClF3N5O3/c39-32-21-25(20-31(35(32)43)38(40,41)42)19-30(37(50)47-17-11-27(12-18-47)26-7-13-44-14-8-26)23-34(48)46-15-9-24(10-16-46)5-6-29-22-28-3-1-2-4-33(28)45-36(29)49/h1-4,20-21,24,26-27,29-30,34,44,48H,5-19,22-23,43H2,(H,45,49)/t29?,30-,34?/m0/s1. The Morgan fingerprint density at radius 3 is 2.36 bits per heavy atom. The number of rotatable bonds is 10. The van der Waals surface area contributed by atoms with E-state index in [4.69, 9.17) is 17.3 Å². The highest BCUT2D eigenvalue weighted by Crippen LogP contribution is 2.39. The fourth-order valence-electron chi connectivity index (χ4n) is 8.77. The number of likely N-dealkylation sites (tertiary alicyclic amines) is 2. The van der Waals surface area contributed by atoms with E-state index in [0.29, 0.717) is 43.9 Å². The Bertz CT molecular complexity index is 1490. The minimum Gasteiger partial charge on any atom is -0.397 e. The summed E-state index contributed by atoms with van der Waals surface area (Å²) in [6.45, 7) is 4.59. The van der Waals surface area contributed by atoms with Gasteiger partial charge in [-0.05, 0) is 131 Å². The Balaban J connectivity index is 1.07. The van der Waals surface area contributed by atoms with Crippen molar-refractivity contribution in [3.8, 4) is 0 Å². The average Bonchev–Trinajstić information content (AvgIpc) is 3.11. The lowest BCUT2D eigenvalue weighted by molar-refractivity contribution is -0.140. The Morgan fingerprint density at radius 1 is 0.980 bits per heavy atom. The molecule has 2 aromatic carbocycles. The van der Waals surface area contributed by atoms with Gasteiger partial charge in [-0.3, -0.25) is 14.5 Å². The number of hydrogen-bond acceptors (Lipinski definition) is 6. The first-order chi connectivity index (χ1) is 24.0. The van der Waals surface area contributed by atoms with Gasteiger partial charge in [0, 0.05) is 43.7 Å². The van der Waals surface area contributed by atoms with E-state index in [0.717, 1.165) is 82.6 Å². The molecule has 12 heteroatoms. The molecule has 0 aromatic heterocycles. The molecule has 3 saturated heterocycles. The van der Waals surface area contributed by atoms with Crippen molar-refractivity contribution in [2.75, 3.05) is 50.3 Å². The Kier molecular flexibility index (Phi) is 12.0. The molecule has 3 atom stereocenters. The van der Waals surface area contributed by atoms with Gasteiger partial charge >= 0.3 is 6.18 Å². The maximum atomic E-state index is 14.1. The molecule has 0 saturated carbocycles. The Hall–Kier alpha value is -2.86. The van der Waals surface area contributed by atoms with Crippen molar-refractivity contribution in [3.05, 3.63) is 58.1 Å². The number of benzene rings is 2. The van der Waals surface area contributed by atoms with E-state index < -0.39 is 29.6 Å². The summed E-state index contributed by atoms with van der Waals surface area (Å²) in [5, 5.41) is 17.7. The lowest BCUT2D eigenvalue weighted by Crippen LogP contribution is -2.47. The number of halogens is 4. The number of alkyl halides is 3. The zero-order valence-electron chi connectivity index (χ0n) is 28.7. The lowest BCUT2D eigenvalue weighted by Gasteiger charge is -2.40. The number of carbonyl (C=O) groups excluding carboxylic acids is 2. The number of nitrogens with one attached hydrogen (secondary N) is 2. The Labute approximate surface area is 298 Å². The van der Waals surface area contributed by atoms with Gasteiger partial charge < -0.3 is 26.4 Å². The van der Waals surface area contributed by atoms with E-state index in [1.807, 2.05) is 28.0 Å². The highest BCUT2D eigenvalue weighted by atomic mass is 35.5. The molecule has 2 aromatic rings. The first kappa shape index (κ1) is 36.9. The summed E-state index contributed by atoms with van der Waals surface area (Å²) in [5.41, 5.74) is 6.51. The van der Waals surface area contributed by atoms with Crippen LogP contribution >= 0.6 is 11.6 Å². The molecule has 8 nitrogen and oxygen atoms in total. The Morgan fingerprint density at radius 2 is 1.66 bits per heavy atom. The molecule has 5 N–H and O–H groups in total. The van der Waals surface area contributed by atoms with E-state index in [1.165, 1.54) is 11.6 Å². The van der Waals surface area contributed by atoms with Crippen molar-refractivity contribution < 1.29 is 27.9 Å². The molecular weight excluding hydrogens is 667 g/mol. The monoisotopic (exact) mass is 717 g/mol. The second-order valence-corrected chi connectivity index (χ2v) is 15.4. The van der Waals surface area contributed by atoms with Crippen LogP contribution in [-0.2, 0) is 28.6 Å². The van der Waals surface area contributed by atoms with E-state index in [1.54, 1.807) is 0 Å². The minimum absolute atomic E-state index is 0.0241. The molecule has 0 aliphatic carbocycles. The van der Waals surface area contributed by atoms with Crippen molar-refractivity contribution in [2.24, 2.45) is 29.6 Å². The number of fused-ring (bicyclic) bond motifs is 1. The van der Waals surface area contributed by atoms with Crippen molar-refractivity contribution in [1.29, 1.82) is 0 Å². The molecule has 50 heavy (non-hydrogen) atoms. The summed E-state index contributed by atoms with van der Waals surface area (Å²) in [5.74, 6) is 0.837. The van der Waals surface area contributed by atoms with Crippen molar-refractivity contribution in [2.45, 2.75) is 83.0 Å². The molecule has 4 aliphatic rings. The number of para-hydroxylation sites is 1. The summed E-state index contributed by atoms with van der Waals surface area (Å²) >= 11 is 6.17. The van der Waals surface area contributed by atoms with Gasteiger partial charge in [0.25, 0.3) is 0 Å². The number of piperidine rings is 3. The predicted molar refractivity (Wildman–Crippen MR) is 189 cm³/mol. The van der Waals surface area contributed by atoms with Gasteiger partial charge in [-0.25, -0.2) is 0 Å². The number of carbonyl (C=O) groups is 2. The van der Waals surface area contributed by atoms with Crippen LogP contribution in [0.25, 0.3) is 0 Å². The summed E-state index contributed by atoms with van der Waals surface area (Å²) in [7, 11) is 0. The average molecular weight is 718 g/mol. The molecule has 4 heterocycles. The zero-order valence-corrected chi connectivity index (χ0v) is 29.5. The van der Waals surface area contributed by atoms with Gasteiger partial charge in [0.1, 0.15) is 6.23 Å². The third kappa shape index (κ3) is 8.95. The molecule has 0 bridgehead atoms. The second-order valence-electron chi connectivity index (χ2n) is 15.0. The zero-order chi connectivity index (χ0) is 35.4. The van der Waals surface area contributed by atoms with E-state index >= 15 is 0 Å². The third-order valence-corrected chi connectivity index (χ3v) is 12.1. The SMILES string of the molecule is Nc1c(Cl)cc(C[C@@H](CC(O)N2CCC(CCC3Cc4ccccc4NC3=O)CC2)C(=O)N2CCC(C3CCNCC3)CC2)cc1C(F)(F)F. The molecule has 2 amide bonds. The van der Waals surface area contributed by atoms with Crippen LogP contribution in [0.5, 0.6) is 0 Å². The number of hydrogen-bond donors (Lipinski definition) is 4. The molecule has 3 fully saturated rings. The third-order valence-electron chi connectivity index (χ3n) is 11.8. The van der Waals surface area contributed by atoms with Crippen LogP contribution in [0.15, 0.2) is 36.4 Å². The molecule has 274 valence electrons. The number of nitrogens with zero attached hydrogens (tertiary/aromatic N) is 2. The van der Waals surface area contributed by atoms with E-state index in [-0.39, 0.29) is 41.2 Å². The van der Waals surface area contributed by atoms with Crippen LogP contribution in [-0.4, -0.2) is 72.2 Å². The largest absolute Gasteiger partial charge is 0.418 e. The van der Waals surface area contributed by atoms with E-state index in [2.05, 4.69) is 16.7 Å². The van der Waals surface area contributed by atoms with Gasteiger partial charge in [-0.2, -0.15) is 13.2 Å². The number of nitrogen functional groups attached to an aromatic ring is 1. The van der Waals surface area contributed by atoms with Crippen molar-refractivity contribution >= 4 is 34.8 Å². The van der Waals surface area contributed by atoms with Crippen LogP contribution < -0.4 is 16.4 Å². The van der Waals surface area contributed by atoms with Crippen molar-refractivity contribution in [1.82, 2.24) is 15.1 Å². The van der Waals surface area contributed by atoms with Crippen LogP contribution in [0.3, 0.4) is 0 Å². The lowest BCUT2D eigenvalue weighted by atomic mass is 9.79. The maximum Gasteiger partial charge on any atom is 0.418 e. The quantitative estimate of drug-likeness (QED) is 0.213. The minimum atomic E-state index is -4.69. The summed E-state index contributed by atoms with van der Waals surface area (Å²) < 4.78 is 41.5. The number of aliphatic hydroxyl groups excluding tert-OH is 1. The molecule has 6 rings (SSSR count). The van der Waals surface area contributed by atoms with E-state index in [9.17, 15) is 27.9 Å². The van der Waals surface area contributed by atoms with Crippen LogP contribution in [0, 0.1) is 29.6 Å². The molecule has 0 radical (unpaired) electrons. The maximum absolute atomic E-state index is 14.1. The first-order valence-electron chi connectivity index (χ1n) is 18.4. The predicted octanol–water partition coefficient (Wildman–Crippen LogP) is 6.35. The molecule has 2 unspecified atom stereocenters. The van der Waals surface area contributed by atoms with Gasteiger partial charge in [-0.15, -0.1) is 0 Å². The van der Waals surface area contributed by atoms with Crippen molar-refractivity contribution in [3.63, 3.8) is 0 Å². The van der Waals surface area contributed by atoms with Gasteiger partial charge in [0.05, 0.1) is 16.3 Å². The first-order valence-corrected chi connectivity index (χ1v) is 18.8. The molecule has 0 spiro atoms. The molecule has 4 aliphatic heterocycles. The highest BCUT2D eigenvalue weighted by Gasteiger charge is 2.37. The van der Waals surface area contributed by atoms with Crippen LogP contribution in [0.1, 0.15) is 74.5 Å². The molecular formula is C38H51ClF3N5O3. The van der Waals surface area contributed by atoms with Crippen LogP contribution in [0.4, 0.5) is 24.5 Å². The number of aliphatic hydroxyl groups is 1. The van der Waals surface area contributed by atoms with Gasteiger partial charge in [-0.1, -0.05) is 29.8 Å². The summed E-state index contributed by atoms with van der Waals surface area (Å²) in [4.78, 5) is 30.7. The van der Waals surface area contributed by atoms with Gasteiger partial charge in [0.2, 0.25) is 11.8 Å². The fraction of sp³-hybridized carbons (Fsp3) is 0.632. The number of amides is 2. The van der Waals surface area contributed by atoms with Gasteiger partial charge in [0.15, 0.2) is 0 Å². The highest BCUT2D eigenvalue weighted by molar-refractivity contribution is 6.33. The fourth-order valence-corrected chi connectivity index (χ4v) is 9.02. The second kappa shape index (κ2) is 16.2. The summed E-state index contributed by atoms with van der Waals surface area (Å²) in [6.07, 6.45) is 2.88. The summed E-state index contributed by atoms with van der Waals surface area (Å²) in [6, 6.07) is 10.3. The van der Waals surface area contributed by atoms with Crippen LogP contribution in [0.2, 0.25) is 5.02 Å². The topological polar surface area (TPSA) is 111 Å². The number of anilines is 2. The normalized spacial score (nSPS) is 22.9.